The third kappa shape index (κ3) is 3.16. The number of hydrogen-bond donors (Lipinski definition) is 1. The second kappa shape index (κ2) is 5.83. The van der Waals surface area contributed by atoms with Gasteiger partial charge in [-0.1, -0.05) is 6.92 Å². The molecule has 0 radical (unpaired) electrons. The van der Waals surface area contributed by atoms with E-state index in [1.54, 1.807) is 7.11 Å². The summed E-state index contributed by atoms with van der Waals surface area (Å²) >= 11 is 0. The van der Waals surface area contributed by atoms with Gasteiger partial charge in [0.2, 0.25) is 0 Å². The van der Waals surface area contributed by atoms with E-state index in [1.165, 1.54) is 12.8 Å². The minimum Gasteiger partial charge on any atom is -0.380 e. The van der Waals surface area contributed by atoms with E-state index >= 15 is 0 Å². The lowest BCUT2D eigenvalue weighted by Crippen LogP contribution is -2.53. The Morgan fingerprint density at radius 3 is 2.47 bits per heavy atom. The molecule has 0 spiro atoms. The lowest BCUT2D eigenvalue weighted by atomic mass is 9.75. The summed E-state index contributed by atoms with van der Waals surface area (Å²) in [6, 6.07) is 0.00921. The summed E-state index contributed by atoms with van der Waals surface area (Å²) in [5.74, 6) is 0.813. The number of ether oxygens (including phenoxy) is 2. The molecule has 3 heteroatoms. The van der Waals surface area contributed by atoms with Gasteiger partial charge in [-0.2, -0.15) is 0 Å². The Morgan fingerprint density at radius 2 is 2.00 bits per heavy atom. The minimum absolute atomic E-state index is 0.00921. The molecule has 90 valence electrons. The SMILES string of the molecule is CCOCC(N)C1(OC)CCC(C)CC1. The predicted octanol–water partition coefficient (Wildman–Crippen LogP) is 1.95. The van der Waals surface area contributed by atoms with Crippen LogP contribution in [-0.4, -0.2) is 32.0 Å². The fourth-order valence-electron chi connectivity index (χ4n) is 2.37. The van der Waals surface area contributed by atoms with Crippen molar-refractivity contribution in [2.75, 3.05) is 20.3 Å². The van der Waals surface area contributed by atoms with Crippen LogP contribution >= 0.6 is 0 Å². The van der Waals surface area contributed by atoms with E-state index in [1.807, 2.05) is 6.92 Å². The van der Waals surface area contributed by atoms with Gasteiger partial charge >= 0.3 is 0 Å². The zero-order valence-corrected chi connectivity index (χ0v) is 10.3. The van der Waals surface area contributed by atoms with Crippen LogP contribution in [0.2, 0.25) is 0 Å². The average molecular weight is 215 g/mol. The van der Waals surface area contributed by atoms with Crippen molar-refractivity contribution in [2.24, 2.45) is 11.7 Å². The molecule has 1 atom stereocenters. The van der Waals surface area contributed by atoms with E-state index in [9.17, 15) is 0 Å². The van der Waals surface area contributed by atoms with Crippen LogP contribution in [-0.2, 0) is 9.47 Å². The van der Waals surface area contributed by atoms with Crippen LogP contribution in [0.4, 0.5) is 0 Å². The fourth-order valence-corrected chi connectivity index (χ4v) is 2.37. The van der Waals surface area contributed by atoms with Gasteiger partial charge in [-0.05, 0) is 38.5 Å². The molecule has 3 nitrogen and oxygen atoms in total. The summed E-state index contributed by atoms with van der Waals surface area (Å²) < 4.78 is 11.1. The number of hydrogen-bond acceptors (Lipinski definition) is 3. The molecule has 0 heterocycles. The molecule has 1 aliphatic carbocycles. The highest BCUT2D eigenvalue weighted by atomic mass is 16.5. The number of nitrogens with two attached hydrogens (primary N) is 1. The first-order valence-electron chi connectivity index (χ1n) is 6.03. The molecule has 0 amide bonds. The summed E-state index contributed by atoms with van der Waals surface area (Å²) in [6.45, 7) is 5.63. The molecule has 1 saturated carbocycles. The zero-order chi connectivity index (χ0) is 11.3. The van der Waals surface area contributed by atoms with Crippen LogP contribution in [0.5, 0.6) is 0 Å². The third-order valence-electron chi connectivity index (χ3n) is 3.70. The second-order valence-corrected chi connectivity index (χ2v) is 4.72. The van der Waals surface area contributed by atoms with Gasteiger partial charge in [0.1, 0.15) is 0 Å². The maximum absolute atomic E-state index is 6.18. The fraction of sp³-hybridized carbons (Fsp3) is 1.00. The van der Waals surface area contributed by atoms with Gasteiger partial charge in [0.05, 0.1) is 18.2 Å². The number of rotatable bonds is 5. The van der Waals surface area contributed by atoms with E-state index in [4.69, 9.17) is 15.2 Å². The molecule has 0 bridgehead atoms. The second-order valence-electron chi connectivity index (χ2n) is 4.72. The van der Waals surface area contributed by atoms with Crippen molar-refractivity contribution in [2.45, 2.75) is 51.2 Å². The topological polar surface area (TPSA) is 44.5 Å². The van der Waals surface area contributed by atoms with E-state index < -0.39 is 0 Å². The summed E-state index contributed by atoms with van der Waals surface area (Å²) in [5, 5.41) is 0. The summed E-state index contributed by atoms with van der Waals surface area (Å²) in [5.41, 5.74) is 6.04. The quantitative estimate of drug-likeness (QED) is 0.762. The lowest BCUT2D eigenvalue weighted by molar-refractivity contribution is -0.0821. The Morgan fingerprint density at radius 1 is 1.40 bits per heavy atom. The first-order chi connectivity index (χ1) is 7.14. The molecule has 0 aromatic heterocycles. The molecule has 2 N–H and O–H groups in total. The van der Waals surface area contributed by atoms with Gasteiger partial charge in [0.15, 0.2) is 0 Å². The van der Waals surface area contributed by atoms with Crippen LogP contribution in [0.3, 0.4) is 0 Å². The van der Waals surface area contributed by atoms with Crippen molar-refractivity contribution in [3.05, 3.63) is 0 Å². The van der Waals surface area contributed by atoms with E-state index in [-0.39, 0.29) is 11.6 Å². The van der Waals surface area contributed by atoms with Crippen molar-refractivity contribution >= 4 is 0 Å². The molecule has 15 heavy (non-hydrogen) atoms. The van der Waals surface area contributed by atoms with Crippen LogP contribution in [0.15, 0.2) is 0 Å². The highest BCUT2D eigenvalue weighted by Crippen LogP contribution is 2.36. The van der Waals surface area contributed by atoms with Crippen molar-refractivity contribution in [3.63, 3.8) is 0 Å². The Hall–Kier alpha value is -0.120. The molecule has 0 saturated heterocycles. The Kier molecular flexibility index (Phi) is 5.03. The first-order valence-corrected chi connectivity index (χ1v) is 6.03. The van der Waals surface area contributed by atoms with Crippen molar-refractivity contribution in [3.8, 4) is 0 Å². The maximum atomic E-state index is 6.18. The van der Waals surface area contributed by atoms with Gasteiger partial charge in [-0.15, -0.1) is 0 Å². The lowest BCUT2D eigenvalue weighted by Gasteiger charge is -2.42. The van der Waals surface area contributed by atoms with E-state index in [0.717, 1.165) is 25.4 Å². The largest absolute Gasteiger partial charge is 0.380 e. The van der Waals surface area contributed by atoms with Gasteiger partial charge in [-0.3, -0.25) is 0 Å². The smallest absolute Gasteiger partial charge is 0.0851 e. The monoisotopic (exact) mass is 215 g/mol. The zero-order valence-electron chi connectivity index (χ0n) is 10.3. The molecule has 1 rings (SSSR count). The molecular weight excluding hydrogens is 190 g/mol. The van der Waals surface area contributed by atoms with E-state index in [2.05, 4.69) is 6.92 Å². The van der Waals surface area contributed by atoms with Crippen molar-refractivity contribution in [1.29, 1.82) is 0 Å². The molecule has 1 fully saturated rings. The number of methoxy groups -OCH3 is 1. The Labute approximate surface area is 93.3 Å². The first kappa shape index (κ1) is 12.9. The van der Waals surface area contributed by atoms with Crippen LogP contribution in [0.1, 0.15) is 39.5 Å². The third-order valence-corrected chi connectivity index (χ3v) is 3.70. The molecule has 0 aromatic rings. The van der Waals surface area contributed by atoms with Gasteiger partial charge in [0, 0.05) is 13.7 Å². The molecule has 0 aliphatic heterocycles. The van der Waals surface area contributed by atoms with Crippen LogP contribution < -0.4 is 5.73 Å². The van der Waals surface area contributed by atoms with Gasteiger partial charge < -0.3 is 15.2 Å². The van der Waals surface area contributed by atoms with Crippen LogP contribution in [0, 0.1) is 5.92 Å². The minimum atomic E-state index is -0.137. The highest BCUT2D eigenvalue weighted by Gasteiger charge is 2.39. The normalized spacial score (nSPS) is 34.0. The Bertz CT molecular complexity index is 176. The van der Waals surface area contributed by atoms with E-state index in [0.29, 0.717) is 6.61 Å². The van der Waals surface area contributed by atoms with Crippen LogP contribution in [0.25, 0.3) is 0 Å². The standard InChI is InChI=1S/C12H25NO2/c1-4-15-9-11(13)12(14-3)7-5-10(2)6-8-12/h10-11H,4-9,13H2,1-3H3. The Balaban J connectivity index is 2.51. The van der Waals surface area contributed by atoms with Crippen molar-refractivity contribution < 1.29 is 9.47 Å². The summed E-state index contributed by atoms with van der Waals surface area (Å²) in [6.07, 6.45) is 4.57. The predicted molar refractivity (Wildman–Crippen MR) is 61.8 cm³/mol. The summed E-state index contributed by atoms with van der Waals surface area (Å²) in [4.78, 5) is 0. The molecule has 1 unspecified atom stereocenters. The molecular formula is C12H25NO2. The van der Waals surface area contributed by atoms with Crippen molar-refractivity contribution in [1.82, 2.24) is 0 Å². The molecule has 0 aromatic carbocycles. The average Bonchev–Trinajstić information content (AvgIpc) is 2.27. The maximum Gasteiger partial charge on any atom is 0.0851 e. The van der Waals surface area contributed by atoms with Gasteiger partial charge in [-0.25, -0.2) is 0 Å². The highest BCUT2D eigenvalue weighted by molar-refractivity contribution is 4.94. The molecule has 1 aliphatic rings. The summed E-state index contributed by atoms with van der Waals surface area (Å²) in [7, 11) is 1.78. The van der Waals surface area contributed by atoms with Gasteiger partial charge in [0.25, 0.3) is 0 Å².